The lowest BCUT2D eigenvalue weighted by Crippen LogP contribution is -2.09. The minimum Gasteiger partial charge on any atom is -0.478 e. The molecular weight excluding hydrogens is 283 g/mol. The summed E-state index contributed by atoms with van der Waals surface area (Å²) in [5, 5.41) is 12.6. The van der Waals surface area contributed by atoms with Crippen molar-refractivity contribution < 1.29 is 14.3 Å². The van der Waals surface area contributed by atoms with Gasteiger partial charge >= 0.3 is 5.97 Å². The summed E-state index contributed by atoms with van der Waals surface area (Å²) in [6.07, 6.45) is 0. The number of nitrogen functional groups attached to an aromatic ring is 1. The molecule has 4 nitrogen and oxygen atoms in total. The lowest BCUT2D eigenvalue weighted by molar-refractivity contribution is 0.0698. The van der Waals surface area contributed by atoms with E-state index in [-0.39, 0.29) is 11.3 Å². The van der Waals surface area contributed by atoms with Crippen LogP contribution in [0.2, 0.25) is 5.02 Å². The Morgan fingerprint density at radius 3 is 2.65 bits per heavy atom. The van der Waals surface area contributed by atoms with Crippen LogP contribution in [0.3, 0.4) is 0 Å². The molecule has 0 aromatic heterocycles. The van der Waals surface area contributed by atoms with E-state index in [0.717, 1.165) is 11.6 Å². The summed E-state index contributed by atoms with van der Waals surface area (Å²) < 4.78 is 13.4. The van der Waals surface area contributed by atoms with E-state index in [0.29, 0.717) is 10.7 Å². The molecule has 0 heterocycles. The van der Waals surface area contributed by atoms with Gasteiger partial charge in [0.2, 0.25) is 0 Å². The van der Waals surface area contributed by atoms with Gasteiger partial charge in [-0.15, -0.1) is 0 Å². The predicted octanol–water partition coefficient (Wildman–Crippen LogP) is 3.81. The van der Waals surface area contributed by atoms with Gasteiger partial charge in [0.25, 0.3) is 0 Å². The summed E-state index contributed by atoms with van der Waals surface area (Å²) in [5.74, 6) is -2.07. The van der Waals surface area contributed by atoms with E-state index in [1.54, 1.807) is 18.2 Å². The number of rotatable bonds is 3. The number of hydrogen-bond acceptors (Lipinski definition) is 3. The number of nitrogens with one attached hydrogen (secondary N) is 1. The number of benzene rings is 2. The fraction of sp³-hybridized carbons (Fsp3) is 0.0714. The standard InChI is InChI=1S/C14H12ClFN2O2/c1-7-2-3-8(15)6-11(7)18-10-5-4-9(16)13(17)12(10)14(19)20/h2-6,18H,17H2,1H3,(H,19,20). The van der Waals surface area contributed by atoms with E-state index in [4.69, 9.17) is 22.4 Å². The van der Waals surface area contributed by atoms with Gasteiger partial charge in [-0.3, -0.25) is 0 Å². The number of anilines is 3. The SMILES string of the molecule is Cc1ccc(Cl)cc1Nc1ccc(F)c(N)c1C(=O)O. The van der Waals surface area contributed by atoms with Crippen LogP contribution in [0.15, 0.2) is 30.3 Å². The Labute approximate surface area is 120 Å². The molecule has 2 aromatic rings. The van der Waals surface area contributed by atoms with Crippen molar-refractivity contribution in [1.82, 2.24) is 0 Å². The van der Waals surface area contributed by atoms with Crippen molar-refractivity contribution in [3.8, 4) is 0 Å². The number of nitrogens with two attached hydrogens (primary N) is 1. The molecule has 2 rings (SSSR count). The van der Waals surface area contributed by atoms with Gasteiger partial charge in [0.05, 0.1) is 11.4 Å². The second-order valence-electron chi connectivity index (χ2n) is 4.27. The highest BCUT2D eigenvalue weighted by atomic mass is 35.5. The van der Waals surface area contributed by atoms with Crippen molar-refractivity contribution in [2.24, 2.45) is 0 Å². The van der Waals surface area contributed by atoms with Crippen molar-refractivity contribution in [3.63, 3.8) is 0 Å². The molecule has 0 fully saturated rings. The maximum absolute atomic E-state index is 13.4. The number of hydrogen-bond donors (Lipinski definition) is 3. The fourth-order valence-electron chi connectivity index (χ4n) is 1.80. The molecule has 0 amide bonds. The first-order valence-electron chi connectivity index (χ1n) is 5.74. The van der Waals surface area contributed by atoms with Crippen LogP contribution in [0.5, 0.6) is 0 Å². The highest BCUT2D eigenvalue weighted by Gasteiger charge is 2.18. The van der Waals surface area contributed by atoms with Crippen LogP contribution in [0, 0.1) is 12.7 Å². The molecular formula is C14H12ClFN2O2. The van der Waals surface area contributed by atoms with E-state index in [2.05, 4.69) is 5.32 Å². The van der Waals surface area contributed by atoms with Crippen molar-refractivity contribution in [2.75, 3.05) is 11.1 Å². The molecule has 0 radical (unpaired) electrons. The number of carbonyl (C=O) groups is 1. The van der Waals surface area contributed by atoms with Crippen LogP contribution < -0.4 is 11.1 Å². The summed E-state index contributed by atoms with van der Waals surface area (Å²) in [7, 11) is 0. The Bertz CT molecular complexity index is 689. The molecule has 0 aliphatic carbocycles. The van der Waals surface area contributed by atoms with E-state index in [1.807, 2.05) is 6.92 Å². The van der Waals surface area contributed by atoms with E-state index in [1.165, 1.54) is 6.07 Å². The lowest BCUT2D eigenvalue weighted by Gasteiger charge is -2.14. The topological polar surface area (TPSA) is 75.3 Å². The second-order valence-corrected chi connectivity index (χ2v) is 4.71. The van der Waals surface area contributed by atoms with Crippen LogP contribution in [0.25, 0.3) is 0 Å². The summed E-state index contributed by atoms with van der Waals surface area (Å²) >= 11 is 5.90. The monoisotopic (exact) mass is 294 g/mol. The van der Waals surface area contributed by atoms with Gasteiger partial charge < -0.3 is 16.2 Å². The maximum atomic E-state index is 13.4. The minimum absolute atomic E-state index is 0.210. The molecule has 4 N–H and O–H groups in total. The number of carboxylic acid groups (broad SMARTS) is 1. The van der Waals surface area contributed by atoms with E-state index in [9.17, 15) is 9.18 Å². The lowest BCUT2D eigenvalue weighted by atomic mass is 10.1. The molecule has 0 saturated carbocycles. The summed E-state index contributed by atoms with van der Waals surface area (Å²) in [4.78, 5) is 11.2. The molecule has 0 bridgehead atoms. The zero-order valence-corrected chi connectivity index (χ0v) is 11.3. The molecule has 0 aliphatic heterocycles. The molecule has 0 saturated heterocycles. The Hall–Kier alpha value is -2.27. The van der Waals surface area contributed by atoms with Gasteiger partial charge in [0.15, 0.2) is 0 Å². The molecule has 2 aromatic carbocycles. The van der Waals surface area contributed by atoms with Crippen molar-refractivity contribution in [1.29, 1.82) is 0 Å². The first-order valence-corrected chi connectivity index (χ1v) is 6.12. The Morgan fingerprint density at radius 2 is 2.00 bits per heavy atom. The van der Waals surface area contributed by atoms with Gasteiger partial charge in [-0.25, -0.2) is 9.18 Å². The zero-order valence-electron chi connectivity index (χ0n) is 10.6. The quantitative estimate of drug-likeness (QED) is 0.752. The smallest absolute Gasteiger partial charge is 0.340 e. The van der Waals surface area contributed by atoms with Crippen molar-refractivity contribution in [3.05, 3.63) is 52.3 Å². The van der Waals surface area contributed by atoms with E-state index >= 15 is 0 Å². The Balaban J connectivity index is 2.51. The molecule has 0 atom stereocenters. The molecule has 0 unspecified atom stereocenters. The highest BCUT2D eigenvalue weighted by Crippen LogP contribution is 2.30. The third-order valence-electron chi connectivity index (χ3n) is 2.88. The predicted molar refractivity (Wildman–Crippen MR) is 77.2 cm³/mol. The number of aromatic carboxylic acids is 1. The molecule has 0 spiro atoms. The number of halogens is 2. The average Bonchev–Trinajstić information content (AvgIpc) is 2.38. The number of aryl methyl sites for hydroxylation is 1. The highest BCUT2D eigenvalue weighted by molar-refractivity contribution is 6.30. The Morgan fingerprint density at radius 1 is 1.30 bits per heavy atom. The molecule has 104 valence electrons. The van der Waals surface area contributed by atoms with Crippen LogP contribution in [0.4, 0.5) is 21.5 Å². The first kappa shape index (κ1) is 14.1. The summed E-state index contributed by atoms with van der Waals surface area (Å²) in [5.41, 5.74) is 6.49. The van der Waals surface area contributed by atoms with Gasteiger partial charge in [0.1, 0.15) is 11.4 Å². The normalized spacial score (nSPS) is 10.3. The second kappa shape index (κ2) is 5.38. The molecule has 6 heteroatoms. The Kier molecular flexibility index (Phi) is 3.81. The summed E-state index contributed by atoms with van der Waals surface area (Å²) in [6.45, 7) is 1.84. The van der Waals surface area contributed by atoms with Gasteiger partial charge in [-0.1, -0.05) is 17.7 Å². The van der Waals surface area contributed by atoms with Gasteiger partial charge in [-0.2, -0.15) is 0 Å². The number of carboxylic acids is 1. The van der Waals surface area contributed by atoms with Crippen LogP contribution in [0.1, 0.15) is 15.9 Å². The largest absolute Gasteiger partial charge is 0.478 e. The zero-order chi connectivity index (χ0) is 14.9. The third kappa shape index (κ3) is 2.67. The van der Waals surface area contributed by atoms with Crippen molar-refractivity contribution >= 4 is 34.6 Å². The molecule has 0 aliphatic rings. The van der Waals surface area contributed by atoms with Gasteiger partial charge in [0, 0.05) is 10.7 Å². The van der Waals surface area contributed by atoms with E-state index < -0.39 is 17.5 Å². The molecule has 20 heavy (non-hydrogen) atoms. The van der Waals surface area contributed by atoms with Crippen molar-refractivity contribution in [2.45, 2.75) is 6.92 Å². The maximum Gasteiger partial charge on any atom is 0.340 e. The van der Waals surface area contributed by atoms with Crippen LogP contribution in [-0.4, -0.2) is 11.1 Å². The van der Waals surface area contributed by atoms with Crippen LogP contribution in [-0.2, 0) is 0 Å². The first-order chi connectivity index (χ1) is 9.40. The van der Waals surface area contributed by atoms with Gasteiger partial charge in [-0.05, 0) is 36.8 Å². The third-order valence-corrected chi connectivity index (χ3v) is 3.11. The minimum atomic E-state index is -1.30. The summed E-state index contributed by atoms with van der Waals surface area (Å²) in [6, 6.07) is 7.61. The van der Waals surface area contributed by atoms with Crippen LogP contribution >= 0.6 is 11.6 Å². The average molecular weight is 295 g/mol. The fourth-order valence-corrected chi connectivity index (χ4v) is 1.97.